The summed E-state index contributed by atoms with van der Waals surface area (Å²) in [4.78, 5) is 2.63. The van der Waals surface area contributed by atoms with E-state index in [1.54, 1.807) is 0 Å². The van der Waals surface area contributed by atoms with E-state index in [0.29, 0.717) is 5.54 Å². The van der Waals surface area contributed by atoms with E-state index in [4.69, 9.17) is 5.73 Å². The molecule has 0 radical (unpaired) electrons. The highest BCUT2D eigenvalue weighted by Crippen LogP contribution is 2.45. The first-order valence-electron chi connectivity index (χ1n) is 5.17. The summed E-state index contributed by atoms with van der Waals surface area (Å²) in [6.07, 6.45) is 2.70. The molecule has 0 spiro atoms. The Balaban J connectivity index is 2.29. The van der Waals surface area contributed by atoms with E-state index in [-0.39, 0.29) is 0 Å². The molecule has 2 aliphatic heterocycles. The van der Waals surface area contributed by atoms with Gasteiger partial charge in [0.15, 0.2) is 0 Å². The standard InChI is InChI=1S/C10H20N2/c1-8-3-5-12-6-4-9(2)10(8,12)7-11/h8-9H,3-7,11H2,1-2H3/t8-,9+,10?. The Labute approximate surface area is 75.1 Å². The maximum Gasteiger partial charge on any atom is 0.0383 e. The molecule has 2 heteroatoms. The Hall–Kier alpha value is -0.0800. The first-order valence-corrected chi connectivity index (χ1v) is 5.17. The van der Waals surface area contributed by atoms with Crippen LogP contribution >= 0.6 is 0 Å². The summed E-state index contributed by atoms with van der Waals surface area (Å²) in [6.45, 7) is 8.16. The fourth-order valence-electron chi connectivity index (χ4n) is 3.37. The average Bonchev–Trinajstić information content (AvgIpc) is 2.54. The topological polar surface area (TPSA) is 29.3 Å². The molecule has 2 aliphatic rings. The fraction of sp³-hybridized carbons (Fsp3) is 1.00. The van der Waals surface area contributed by atoms with E-state index in [2.05, 4.69) is 18.7 Å². The van der Waals surface area contributed by atoms with Crippen LogP contribution in [0.2, 0.25) is 0 Å². The molecule has 2 fully saturated rings. The molecule has 2 N–H and O–H groups in total. The molecular weight excluding hydrogens is 148 g/mol. The van der Waals surface area contributed by atoms with Crippen LogP contribution in [0.3, 0.4) is 0 Å². The summed E-state index contributed by atoms with van der Waals surface area (Å²) in [6, 6.07) is 0. The van der Waals surface area contributed by atoms with E-state index in [0.717, 1.165) is 18.4 Å². The van der Waals surface area contributed by atoms with E-state index >= 15 is 0 Å². The van der Waals surface area contributed by atoms with Crippen molar-refractivity contribution in [3.05, 3.63) is 0 Å². The van der Waals surface area contributed by atoms with Crippen molar-refractivity contribution in [2.75, 3.05) is 19.6 Å². The molecular formula is C10H20N2. The van der Waals surface area contributed by atoms with Crippen LogP contribution in [-0.4, -0.2) is 30.1 Å². The van der Waals surface area contributed by atoms with Crippen molar-refractivity contribution in [1.29, 1.82) is 0 Å². The zero-order chi connectivity index (χ0) is 8.77. The zero-order valence-corrected chi connectivity index (χ0v) is 8.21. The zero-order valence-electron chi connectivity index (χ0n) is 8.21. The van der Waals surface area contributed by atoms with Gasteiger partial charge in [-0.25, -0.2) is 0 Å². The number of nitrogens with zero attached hydrogens (tertiary/aromatic N) is 1. The first-order chi connectivity index (χ1) is 5.71. The van der Waals surface area contributed by atoms with Gasteiger partial charge in [-0.2, -0.15) is 0 Å². The average molecular weight is 168 g/mol. The third-order valence-electron chi connectivity index (χ3n) is 4.29. The van der Waals surface area contributed by atoms with Crippen LogP contribution in [0.25, 0.3) is 0 Å². The fourth-order valence-corrected chi connectivity index (χ4v) is 3.37. The number of fused-ring (bicyclic) bond motifs is 1. The minimum Gasteiger partial charge on any atom is -0.329 e. The highest BCUT2D eigenvalue weighted by Gasteiger charge is 2.52. The SMILES string of the molecule is C[C@@H]1CCN2CC[C@H](C)C12CN. The van der Waals surface area contributed by atoms with Gasteiger partial charge in [0.25, 0.3) is 0 Å². The lowest BCUT2D eigenvalue weighted by atomic mass is 9.77. The third-order valence-corrected chi connectivity index (χ3v) is 4.29. The summed E-state index contributed by atoms with van der Waals surface area (Å²) in [5.41, 5.74) is 6.32. The maximum atomic E-state index is 5.95. The lowest BCUT2D eigenvalue weighted by molar-refractivity contribution is 0.128. The van der Waals surface area contributed by atoms with Crippen LogP contribution in [0, 0.1) is 11.8 Å². The normalized spacial score (nSPS) is 48.2. The van der Waals surface area contributed by atoms with Crippen molar-refractivity contribution in [1.82, 2.24) is 4.90 Å². The Morgan fingerprint density at radius 2 is 1.75 bits per heavy atom. The van der Waals surface area contributed by atoms with Crippen LogP contribution in [0.15, 0.2) is 0 Å². The largest absolute Gasteiger partial charge is 0.329 e. The van der Waals surface area contributed by atoms with Crippen molar-refractivity contribution in [3.63, 3.8) is 0 Å². The van der Waals surface area contributed by atoms with Gasteiger partial charge in [0.2, 0.25) is 0 Å². The molecule has 3 atom stereocenters. The summed E-state index contributed by atoms with van der Waals surface area (Å²) >= 11 is 0. The van der Waals surface area contributed by atoms with Gasteiger partial charge in [-0.3, -0.25) is 4.90 Å². The van der Waals surface area contributed by atoms with Gasteiger partial charge in [-0.1, -0.05) is 13.8 Å². The van der Waals surface area contributed by atoms with Crippen molar-refractivity contribution in [2.45, 2.75) is 32.2 Å². The summed E-state index contributed by atoms with van der Waals surface area (Å²) in [5.74, 6) is 1.61. The van der Waals surface area contributed by atoms with Gasteiger partial charge < -0.3 is 5.73 Å². The van der Waals surface area contributed by atoms with E-state index in [1.807, 2.05) is 0 Å². The van der Waals surface area contributed by atoms with Gasteiger partial charge in [0.05, 0.1) is 0 Å². The molecule has 0 aromatic carbocycles. The predicted molar refractivity (Wildman–Crippen MR) is 50.9 cm³/mol. The molecule has 2 rings (SSSR count). The minimum atomic E-state index is 0.375. The summed E-state index contributed by atoms with van der Waals surface area (Å²) in [7, 11) is 0. The van der Waals surface area contributed by atoms with Crippen molar-refractivity contribution < 1.29 is 0 Å². The monoisotopic (exact) mass is 168 g/mol. The van der Waals surface area contributed by atoms with Gasteiger partial charge in [-0.05, 0) is 37.8 Å². The minimum absolute atomic E-state index is 0.375. The van der Waals surface area contributed by atoms with Gasteiger partial charge >= 0.3 is 0 Å². The Bertz CT molecular complexity index is 165. The molecule has 1 unspecified atom stereocenters. The maximum absolute atomic E-state index is 5.95. The second-order valence-corrected chi connectivity index (χ2v) is 4.56. The molecule has 0 aromatic heterocycles. The molecule has 0 amide bonds. The molecule has 0 aliphatic carbocycles. The van der Waals surface area contributed by atoms with Gasteiger partial charge in [0.1, 0.15) is 0 Å². The molecule has 0 saturated carbocycles. The highest BCUT2D eigenvalue weighted by molar-refractivity contribution is 5.08. The number of rotatable bonds is 1. The predicted octanol–water partition coefficient (Wildman–Crippen LogP) is 1.07. The molecule has 70 valence electrons. The van der Waals surface area contributed by atoms with Crippen molar-refractivity contribution in [2.24, 2.45) is 17.6 Å². The Kier molecular flexibility index (Phi) is 1.92. The van der Waals surface area contributed by atoms with Crippen molar-refractivity contribution in [3.8, 4) is 0 Å². The number of hydrogen-bond acceptors (Lipinski definition) is 2. The molecule has 2 heterocycles. The van der Waals surface area contributed by atoms with E-state index in [1.165, 1.54) is 25.9 Å². The van der Waals surface area contributed by atoms with E-state index < -0.39 is 0 Å². The smallest absolute Gasteiger partial charge is 0.0383 e. The molecule has 2 saturated heterocycles. The third kappa shape index (κ3) is 0.826. The number of hydrogen-bond donors (Lipinski definition) is 1. The highest BCUT2D eigenvalue weighted by atomic mass is 15.3. The lowest BCUT2D eigenvalue weighted by Gasteiger charge is -2.38. The summed E-state index contributed by atoms with van der Waals surface area (Å²) < 4.78 is 0. The second-order valence-electron chi connectivity index (χ2n) is 4.56. The molecule has 2 nitrogen and oxygen atoms in total. The van der Waals surface area contributed by atoms with E-state index in [9.17, 15) is 0 Å². The second kappa shape index (κ2) is 2.71. The van der Waals surface area contributed by atoms with Crippen molar-refractivity contribution >= 4 is 0 Å². The van der Waals surface area contributed by atoms with Crippen LogP contribution < -0.4 is 5.73 Å². The molecule has 0 bridgehead atoms. The van der Waals surface area contributed by atoms with Crippen LogP contribution in [-0.2, 0) is 0 Å². The van der Waals surface area contributed by atoms with Crippen LogP contribution in [0.4, 0.5) is 0 Å². The summed E-state index contributed by atoms with van der Waals surface area (Å²) in [5, 5.41) is 0. The number of nitrogens with two attached hydrogens (primary N) is 1. The van der Waals surface area contributed by atoms with Crippen LogP contribution in [0.1, 0.15) is 26.7 Å². The first kappa shape index (κ1) is 8.52. The Morgan fingerprint density at radius 3 is 2.08 bits per heavy atom. The molecule has 12 heavy (non-hydrogen) atoms. The van der Waals surface area contributed by atoms with Crippen LogP contribution in [0.5, 0.6) is 0 Å². The Morgan fingerprint density at radius 1 is 1.25 bits per heavy atom. The van der Waals surface area contributed by atoms with Gasteiger partial charge in [0, 0.05) is 12.1 Å². The lowest BCUT2D eigenvalue weighted by Crippen LogP contribution is -2.52. The van der Waals surface area contributed by atoms with Gasteiger partial charge in [-0.15, -0.1) is 0 Å². The molecule has 0 aromatic rings. The quantitative estimate of drug-likeness (QED) is 0.634.